The fraction of sp³-hybridized carbons (Fsp3) is 0.385. The SMILES string of the molecule is O=C(c1cn[nH]n1)N1CCCN(C(=O)c2sccc2Cl)CC1. The molecule has 2 amide bonds. The van der Waals surface area contributed by atoms with Crippen molar-refractivity contribution in [3.05, 3.63) is 33.2 Å². The van der Waals surface area contributed by atoms with E-state index in [2.05, 4.69) is 15.4 Å². The summed E-state index contributed by atoms with van der Waals surface area (Å²) in [6.45, 7) is 2.15. The predicted octanol–water partition coefficient (Wildman–Crippen LogP) is 1.51. The molecule has 1 aliphatic heterocycles. The first kappa shape index (κ1) is 15.0. The molecular weight excluding hydrogens is 326 g/mol. The molecular formula is C13H14ClN5O2S. The highest BCUT2D eigenvalue weighted by Crippen LogP contribution is 2.24. The van der Waals surface area contributed by atoms with Gasteiger partial charge in [0.25, 0.3) is 11.8 Å². The molecule has 3 rings (SSSR count). The number of hydrogen-bond donors (Lipinski definition) is 1. The topological polar surface area (TPSA) is 82.2 Å². The third kappa shape index (κ3) is 2.97. The second-order valence-corrected chi connectivity index (χ2v) is 6.21. The molecule has 7 nitrogen and oxygen atoms in total. The van der Waals surface area contributed by atoms with Crippen molar-refractivity contribution in [3.8, 4) is 0 Å². The van der Waals surface area contributed by atoms with E-state index in [0.29, 0.717) is 41.8 Å². The highest BCUT2D eigenvalue weighted by atomic mass is 35.5. The number of halogens is 1. The Morgan fingerprint density at radius 2 is 1.91 bits per heavy atom. The van der Waals surface area contributed by atoms with E-state index in [0.717, 1.165) is 6.42 Å². The molecule has 1 N–H and O–H groups in total. The summed E-state index contributed by atoms with van der Waals surface area (Å²) >= 11 is 7.36. The summed E-state index contributed by atoms with van der Waals surface area (Å²) in [6, 6.07) is 1.72. The lowest BCUT2D eigenvalue weighted by Crippen LogP contribution is -2.37. The lowest BCUT2D eigenvalue weighted by atomic mass is 10.3. The summed E-state index contributed by atoms with van der Waals surface area (Å²) in [5.41, 5.74) is 0.293. The van der Waals surface area contributed by atoms with E-state index in [-0.39, 0.29) is 11.8 Å². The highest BCUT2D eigenvalue weighted by Gasteiger charge is 2.25. The molecule has 0 aliphatic carbocycles. The van der Waals surface area contributed by atoms with Crippen molar-refractivity contribution in [3.63, 3.8) is 0 Å². The third-order valence-corrected chi connectivity index (χ3v) is 4.85. The molecule has 1 fully saturated rings. The maximum atomic E-state index is 12.5. The minimum Gasteiger partial charge on any atom is -0.336 e. The van der Waals surface area contributed by atoms with Crippen molar-refractivity contribution in [1.82, 2.24) is 25.2 Å². The molecule has 0 saturated carbocycles. The number of hydrogen-bond acceptors (Lipinski definition) is 5. The summed E-state index contributed by atoms with van der Waals surface area (Å²) in [4.78, 5) is 28.7. The Morgan fingerprint density at radius 3 is 2.50 bits per heavy atom. The van der Waals surface area contributed by atoms with Crippen LogP contribution in [-0.4, -0.2) is 63.2 Å². The number of nitrogens with zero attached hydrogens (tertiary/aromatic N) is 4. The van der Waals surface area contributed by atoms with E-state index in [9.17, 15) is 9.59 Å². The number of nitrogens with one attached hydrogen (secondary N) is 1. The van der Waals surface area contributed by atoms with Gasteiger partial charge in [0.05, 0.1) is 11.2 Å². The van der Waals surface area contributed by atoms with Gasteiger partial charge < -0.3 is 9.80 Å². The van der Waals surface area contributed by atoms with Crippen molar-refractivity contribution >= 4 is 34.8 Å². The van der Waals surface area contributed by atoms with Crippen LogP contribution in [0.4, 0.5) is 0 Å². The van der Waals surface area contributed by atoms with Gasteiger partial charge in [0.2, 0.25) is 0 Å². The van der Waals surface area contributed by atoms with E-state index in [1.165, 1.54) is 17.5 Å². The Hall–Kier alpha value is -1.93. The first-order chi connectivity index (χ1) is 10.7. The average molecular weight is 340 g/mol. The number of rotatable bonds is 2. The Bertz CT molecular complexity index is 672. The minimum atomic E-state index is -0.169. The van der Waals surface area contributed by atoms with Gasteiger partial charge in [-0.2, -0.15) is 15.4 Å². The zero-order valence-electron chi connectivity index (χ0n) is 11.7. The van der Waals surface area contributed by atoms with Crippen molar-refractivity contribution in [2.75, 3.05) is 26.2 Å². The number of aromatic nitrogens is 3. The second kappa shape index (κ2) is 6.45. The molecule has 0 radical (unpaired) electrons. The maximum absolute atomic E-state index is 12.5. The first-order valence-electron chi connectivity index (χ1n) is 6.84. The van der Waals surface area contributed by atoms with Crippen LogP contribution in [0.3, 0.4) is 0 Å². The Morgan fingerprint density at radius 1 is 1.18 bits per heavy atom. The van der Waals surface area contributed by atoms with Gasteiger partial charge in [-0.05, 0) is 17.9 Å². The number of amides is 2. The van der Waals surface area contributed by atoms with E-state index in [4.69, 9.17) is 11.6 Å². The lowest BCUT2D eigenvalue weighted by molar-refractivity contribution is 0.0718. The molecule has 22 heavy (non-hydrogen) atoms. The molecule has 0 bridgehead atoms. The predicted molar refractivity (Wildman–Crippen MR) is 82.1 cm³/mol. The van der Waals surface area contributed by atoms with Crippen LogP contribution in [0, 0.1) is 0 Å². The minimum absolute atomic E-state index is 0.0734. The van der Waals surface area contributed by atoms with Crippen LogP contribution in [0.1, 0.15) is 26.6 Å². The van der Waals surface area contributed by atoms with Gasteiger partial charge in [-0.1, -0.05) is 11.6 Å². The lowest BCUT2D eigenvalue weighted by Gasteiger charge is -2.21. The summed E-state index contributed by atoms with van der Waals surface area (Å²) in [7, 11) is 0. The number of carbonyl (C=O) groups excluding carboxylic acids is 2. The molecule has 0 atom stereocenters. The fourth-order valence-electron chi connectivity index (χ4n) is 2.38. The molecule has 9 heteroatoms. The fourth-order valence-corrected chi connectivity index (χ4v) is 3.48. The van der Waals surface area contributed by atoms with Gasteiger partial charge in [0, 0.05) is 26.2 Å². The number of carbonyl (C=O) groups is 2. The maximum Gasteiger partial charge on any atom is 0.276 e. The van der Waals surface area contributed by atoms with Crippen molar-refractivity contribution in [2.24, 2.45) is 0 Å². The zero-order valence-corrected chi connectivity index (χ0v) is 13.2. The molecule has 2 aromatic rings. The summed E-state index contributed by atoms with van der Waals surface area (Å²) < 4.78 is 0. The number of thiophene rings is 1. The van der Waals surface area contributed by atoms with Crippen molar-refractivity contribution in [1.29, 1.82) is 0 Å². The smallest absolute Gasteiger partial charge is 0.276 e. The van der Waals surface area contributed by atoms with Gasteiger partial charge in [0.1, 0.15) is 4.88 Å². The standard InChI is InChI=1S/C13H14ClN5O2S/c14-9-2-7-22-11(9)13(21)19-4-1-3-18(5-6-19)12(20)10-8-15-17-16-10/h2,7-8H,1,3-6H2,(H,15,16,17). The molecule has 1 saturated heterocycles. The first-order valence-corrected chi connectivity index (χ1v) is 8.10. The molecule has 116 valence electrons. The Labute approximate surface area is 135 Å². The zero-order chi connectivity index (χ0) is 15.5. The quantitative estimate of drug-likeness (QED) is 0.899. The Kier molecular flexibility index (Phi) is 4.39. The van der Waals surface area contributed by atoms with E-state index >= 15 is 0 Å². The molecule has 3 heterocycles. The van der Waals surface area contributed by atoms with E-state index in [1.54, 1.807) is 21.2 Å². The van der Waals surface area contributed by atoms with Gasteiger partial charge in [-0.15, -0.1) is 11.3 Å². The average Bonchev–Trinajstić information content (AvgIpc) is 3.12. The highest BCUT2D eigenvalue weighted by molar-refractivity contribution is 7.12. The van der Waals surface area contributed by atoms with Gasteiger partial charge in [-0.25, -0.2) is 0 Å². The number of H-pyrrole nitrogens is 1. The third-order valence-electron chi connectivity index (χ3n) is 3.52. The van der Waals surface area contributed by atoms with Crippen molar-refractivity contribution in [2.45, 2.75) is 6.42 Å². The number of aromatic amines is 1. The van der Waals surface area contributed by atoms with Crippen LogP contribution in [-0.2, 0) is 0 Å². The van der Waals surface area contributed by atoms with Crippen LogP contribution in [0.2, 0.25) is 5.02 Å². The van der Waals surface area contributed by atoms with Crippen LogP contribution in [0.5, 0.6) is 0 Å². The second-order valence-electron chi connectivity index (χ2n) is 4.89. The van der Waals surface area contributed by atoms with Crippen LogP contribution in [0.25, 0.3) is 0 Å². The molecule has 0 aromatic carbocycles. The van der Waals surface area contributed by atoms with Crippen LogP contribution in [0.15, 0.2) is 17.6 Å². The van der Waals surface area contributed by atoms with E-state index < -0.39 is 0 Å². The van der Waals surface area contributed by atoms with Crippen LogP contribution >= 0.6 is 22.9 Å². The van der Waals surface area contributed by atoms with Crippen LogP contribution < -0.4 is 0 Å². The summed E-state index contributed by atoms with van der Waals surface area (Å²) in [5, 5.41) is 12.2. The van der Waals surface area contributed by atoms with Gasteiger partial charge in [0.15, 0.2) is 5.69 Å². The molecule has 1 aliphatic rings. The molecule has 2 aromatic heterocycles. The largest absolute Gasteiger partial charge is 0.336 e. The van der Waals surface area contributed by atoms with Gasteiger partial charge >= 0.3 is 0 Å². The normalized spacial score (nSPS) is 15.7. The molecule has 0 unspecified atom stereocenters. The molecule has 0 spiro atoms. The Balaban J connectivity index is 1.66. The summed E-state index contributed by atoms with van der Waals surface area (Å²) in [5.74, 6) is -0.243. The monoisotopic (exact) mass is 339 g/mol. The van der Waals surface area contributed by atoms with Gasteiger partial charge in [-0.3, -0.25) is 9.59 Å². The van der Waals surface area contributed by atoms with Crippen molar-refractivity contribution < 1.29 is 9.59 Å². The van der Waals surface area contributed by atoms with E-state index in [1.807, 2.05) is 0 Å². The summed E-state index contributed by atoms with van der Waals surface area (Å²) in [6.07, 6.45) is 2.12.